The van der Waals surface area contributed by atoms with E-state index in [9.17, 15) is 19.5 Å². The van der Waals surface area contributed by atoms with Crippen molar-refractivity contribution in [2.24, 2.45) is 17.6 Å². The molecular formula is C22H18Cl2FNO6. The van der Waals surface area contributed by atoms with Gasteiger partial charge < -0.3 is 20.3 Å². The quantitative estimate of drug-likeness (QED) is 0.607. The van der Waals surface area contributed by atoms with Crippen LogP contribution < -0.4 is 5.73 Å². The van der Waals surface area contributed by atoms with E-state index in [2.05, 4.69) is 0 Å². The first-order chi connectivity index (χ1) is 15.1. The number of hydrogen-bond acceptors (Lipinski definition) is 6. The molecule has 10 heteroatoms. The Kier molecular flexibility index (Phi) is 5.65. The van der Waals surface area contributed by atoms with Gasteiger partial charge >= 0.3 is 17.9 Å². The normalized spacial score (nSPS) is 30.3. The van der Waals surface area contributed by atoms with E-state index in [1.54, 1.807) is 30.3 Å². The molecule has 32 heavy (non-hydrogen) atoms. The van der Waals surface area contributed by atoms with Crippen LogP contribution in [-0.4, -0.2) is 40.3 Å². The van der Waals surface area contributed by atoms with Gasteiger partial charge in [0.25, 0.3) is 0 Å². The fraction of sp³-hybridized carbons (Fsp3) is 0.318. The second kappa shape index (κ2) is 8.03. The molecule has 0 aromatic heterocycles. The third-order valence-corrected chi connectivity index (χ3v) is 6.84. The molecule has 0 heterocycles. The molecule has 2 aliphatic rings. The summed E-state index contributed by atoms with van der Waals surface area (Å²) in [6, 6.07) is 12.7. The zero-order valence-electron chi connectivity index (χ0n) is 16.5. The summed E-state index contributed by atoms with van der Waals surface area (Å²) in [5.41, 5.74) is 2.13. The van der Waals surface area contributed by atoms with Gasteiger partial charge in [-0.1, -0.05) is 53.5 Å². The Morgan fingerprint density at radius 1 is 1.12 bits per heavy atom. The number of aliphatic carboxylic acids is 1. The minimum atomic E-state index is -2.69. The Hall–Kier alpha value is -2.68. The highest BCUT2D eigenvalue weighted by Crippen LogP contribution is 2.67. The van der Waals surface area contributed by atoms with Gasteiger partial charge in [0.15, 0.2) is 5.54 Å². The van der Waals surface area contributed by atoms with Crippen LogP contribution in [0.5, 0.6) is 0 Å². The number of rotatable bonds is 6. The molecule has 0 saturated heterocycles. The monoisotopic (exact) mass is 481 g/mol. The Bertz CT molecular complexity index is 1100. The van der Waals surface area contributed by atoms with E-state index in [0.29, 0.717) is 5.56 Å². The van der Waals surface area contributed by atoms with Crippen molar-refractivity contribution in [3.63, 3.8) is 0 Å². The summed E-state index contributed by atoms with van der Waals surface area (Å²) in [4.78, 5) is 37.1. The Labute approximate surface area is 192 Å². The third kappa shape index (κ3) is 3.52. The average Bonchev–Trinajstić information content (AvgIpc) is 3.26. The van der Waals surface area contributed by atoms with Gasteiger partial charge in [0, 0.05) is 11.8 Å². The molecule has 0 unspecified atom stereocenters. The van der Waals surface area contributed by atoms with Crippen LogP contribution in [0.25, 0.3) is 0 Å². The highest BCUT2D eigenvalue weighted by Gasteiger charge is 2.85. The van der Waals surface area contributed by atoms with Crippen LogP contribution in [0.1, 0.15) is 22.3 Å². The van der Waals surface area contributed by atoms with Gasteiger partial charge in [-0.2, -0.15) is 0 Å². The van der Waals surface area contributed by atoms with Crippen LogP contribution in [0.4, 0.5) is 4.39 Å². The first-order valence-electron chi connectivity index (χ1n) is 9.68. The maximum absolute atomic E-state index is 15.0. The summed E-state index contributed by atoms with van der Waals surface area (Å²) >= 11 is 11.8. The number of carbonyl (C=O) groups excluding carboxylic acids is 2. The van der Waals surface area contributed by atoms with Gasteiger partial charge in [0.05, 0.1) is 15.6 Å². The average molecular weight is 482 g/mol. The number of fused-ring (bicyclic) bond motifs is 1. The van der Waals surface area contributed by atoms with Crippen molar-refractivity contribution in [2.45, 2.75) is 30.3 Å². The molecule has 2 aromatic rings. The molecule has 0 radical (unpaired) electrons. The van der Waals surface area contributed by atoms with E-state index in [1.807, 2.05) is 0 Å². The number of carbonyl (C=O) groups is 3. The van der Waals surface area contributed by atoms with E-state index in [0.717, 1.165) is 0 Å². The van der Waals surface area contributed by atoms with Crippen molar-refractivity contribution in [2.75, 3.05) is 0 Å². The number of benzene rings is 2. The molecule has 7 nitrogen and oxygen atoms in total. The minimum absolute atomic E-state index is 0.0460. The van der Waals surface area contributed by atoms with Gasteiger partial charge in [-0.15, -0.1) is 0 Å². The maximum Gasteiger partial charge on any atom is 0.342 e. The van der Waals surface area contributed by atoms with Crippen LogP contribution in [-0.2, 0) is 25.7 Å². The molecule has 5 atom stereocenters. The van der Waals surface area contributed by atoms with Gasteiger partial charge in [0.1, 0.15) is 12.7 Å². The number of carboxylic acids is 1. The molecule has 2 fully saturated rings. The van der Waals surface area contributed by atoms with Gasteiger partial charge in [-0.25, -0.2) is 18.8 Å². The highest BCUT2D eigenvalue weighted by molar-refractivity contribution is 6.42. The van der Waals surface area contributed by atoms with E-state index in [1.165, 1.54) is 18.2 Å². The van der Waals surface area contributed by atoms with E-state index < -0.39 is 47.1 Å². The van der Waals surface area contributed by atoms with Gasteiger partial charge in [-0.05, 0) is 30.2 Å². The zero-order valence-corrected chi connectivity index (χ0v) is 18.0. The second-order valence-corrected chi connectivity index (χ2v) is 8.73. The van der Waals surface area contributed by atoms with Crippen LogP contribution in [0.3, 0.4) is 0 Å². The number of ether oxygens (including phenoxy) is 2. The molecule has 2 aliphatic carbocycles. The van der Waals surface area contributed by atoms with Crippen LogP contribution >= 0.6 is 23.2 Å². The lowest BCUT2D eigenvalue weighted by Gasteiger charge is -2.33. The van der Waals surface area contributed by atoms with Crippen LogP contribution in [0.15, 0.2) is 48.5 Å². The first kappa shape index (κ1) is 22.5. The van der Waals surface area contributed by atoms with Crippen molar-refractivity contribution >= 4 is 41.1 Å². The fourth-order valence-corrected chi connectivity index (χ4v) is 4.70. The zero-order chi connectivity index (χ0) is 23.3. The number of esters is 2. The van der Waals surface area contributed by atoms with Crippen molar-refractivity contribution in [3.05, 3.63) is 69.7 Å². The lowest BCUT2D eigenvalue weighted by Crippen LogP contribution is -2.61. The highest BCUT2D eigenvalue weighted by atomic mass is 35.5. The van der Waals surface area contributed by atoms with Crippen molar-refractivity contribution in [1.29, 1.82) is 0 Å². The Morgan fingerprint density at radius 3 is 2.44 bits per heavy atom. The Morgan fingerprint density at radius 2 is 1.81 bits per heavy atom. The molecule has 3 N–H and O–H groups in total. The fourth-order valence-electron chi connectivity index (χ4n) is 4.40. The predicted molar refractivity (Wildman–Crippen MR) is 112 cm³/mol. The lowest BCUT2D eigenvalue weighted by molar-refractivity contribution is -0.159. The molecule has 2 aromatic carbocycles. The summed E-state index contributed by atoms with van der Waals surface area (Å²) in [7, 11) is 0. The minimum Gasteiger partial charge on any atom is -0.479 e. The summed E-state index contributed by atoms with van der Waals surface area (Å²) in [5, 5.41) is 9.67. The molecule has 4 rings (SSSR count). The maximum atomic E-state index is 15.0. The number of nitrogens with two attached hydrogens (primary N) is 1. The smallest absolute Gasteiger partial charge is 0.342 e. The van der Waals surface area contributed by atoms with Crippen LogP contribution in [0.2, 0.25) is 10.0 Å². The molecule has 2 saturated carbocycles. The SMILES string of the molecule is N[C@]1(C(=O)OCc2ccccc2)[C@H]2[C@@H](C[C@H]1OC(=O)c1ccc(Cl)c(Cl)c1)[C@]2(F)C(=O)O. The number of halogens is 3. The molecule has 0 spiro atoms. The topological polar surface area (TPSA) is 116 Å². The largest absolute Gasteiger partial charge is 0.479 e. The van der Waals surface area contributed by atoms with E-state index >= 15 is 4.39 Å². The number of carboxylic acid groups (broad SMARTS) is 1. The van der Waals surface area contributed by atoms with E-state index in [4.69, 9.17) is 38.4 Å². The first-order valence-corrected chi connectivity index (χ1v) is 10.4. The standard InChI is InChI=1S/C22H18Cl2FNO6/c23-14-7-6-12(8-15(14)24)18(27)32-16-9-13-17(21(13,25)19(28)29)22(16,26)20(30)31-10-11-4-2-1-3-5-11/h1-8,13,16-17H,9-10,26H2,(H,28,29)/t13-,16-,17+,21-,22+/m1/s1. The summed E-state index contributed by atoms with van der Waals surface area (Å²) in [6.45, 7) is -0.157. The summed E-state index contributed by atoms with van der Waals surface area (Å²) < 4.78 is 25.7. The number of hydrogen-bond donors (Lipinski definition) is 2. The third-order valence-electron chi connectivity index (χ3n) is 6.10. The Balaban J connectivity index is 1.57. The molecular weight excluding hydrogens is 464 g/mol. The lowest BCUT2D eigenvalue weighted by atomic mass is 9.87. The number of alkyl halides is 1. The van der Waals surface area contributed by atoms with E-state index in [-0.39, 0.29) is 28.6 Å². The van der Waals surface area contributed by atoms with Crippen molar-refractivity contribution in [1.82, 2.24) is 0 Å². The summed E-state index contributed by atoms with van der Waals surface area (Å²) in [5.74, 6) is -6.09. The van der Waals surface area contributed by atoms with Crippen molar-refractivity contribution < 1.29 is 33.4 Å². The van der Waals surface area contributed by atoms with Gasteiger partial charge in [-0.3, -0.25) is 0 Å². The predicted octanol–water partition coefficient (Wildman–Crippen LogP) is 3.40. The molecule has 168 valence electrons. The van der Waals surface area contributed by atoms with Gasteiger partial charge in [0.2, 0.25) is 5.67 Å². The van der Waals surface area contributed by atoms with Crippen molar-refractivity contribution in [3.8, 4) is 0 Å². The van der Waals surface area contributed by atoms with Crippen LogP contribution in [0, 0.1) is 11.8 Å². The molecule has 0 bridgehead atoms. The second-order valence-electron chi connectivity index (χ2n) is 7.91. The molecule has 0 amide bonds. The summed E-state index contributed by atoms with van der Waals surface area (Å²) in [6.07, 6.45) is -1.52. The molecule has 0 aliphatic heterocycles.